The Labute approximate surface area is 108 Å². The zero-order valence-corrected chi connectivity index (χ0v) is 11.5. The summed E-state index contributed by atoms with van der Waals surface area (Å²) in [6, 6.07) is 3.92. The van der Waals surface area contributed by atoms with Crippen LogP contribution in [0.3, 0.4) is 0 Å². The highest BCUT2D eigenvalue weighted by Gasteiger charge is 2.11. The highest BCUT2D eigenvalue weighted by atomic mass is 35.5. The molecule has 1 aromatic rings. The van der Waals surface area contributed by atoms with Gasteiger partial charge in [-0.2, -0.15) is 0 Å². The van der Waals surface area contributed by atoms with Gasteiger partial charge >= 0.3 is 0 Å². The molecule has 4 heteroatoms. The van der Waals surface area contributed by atoms with Crippen molar-refractivity contribution in [3.05, 3.63) is 22.7 Å². The van der Waals surface area contributed by atoms with Crippen LogP contribution in [0.2, 0.25) is 5.02 Å². The van der Waals surface area contributed by atoms with E-state index in [4.69, 9.17) is 21.1 Å². The molecule has 0 saturated heterocycles. The van der Waals surface area contributed by atoms with Crippen molar-refractivity contribution in [2.24, 2.45) is 0 Å². The lowest BCUT2D eigenvalue weighted by atomic mass is 10.2. The van der Waals surface area contributed by atoms with Crippen molar-refractivity contribution in [3.8, 4) is 11.5 Å². The van der Waals surface area contributed by atoms with Crippen molar-refractivity contribution in [1.82, 2.24) is 0 Å². The number of benzene rings is 1. The van der Waals surface area contributed by atoms with E-state index in [0.29, 0.717) is 16.5 Å². The van der Waals surface area contributed by atoms with Crippen molar-refractivity contribution in [3.63, 3.8) is 0 Å². The normalized spacial score (nSPS) is 10.4. The molecular weight excluding hydrogens is 238 g/mol. The van der Waals surface area contributed by atoms with Crippen molar-refractivity contribution in [1.29, 1.82) is 0 Å². The molecule has 3 nitrogen and oxygen atoms in total. The maximum atomic E-state index is 6.13. The Morgan fingerprint density at radius 2 is 2.00 bits per heavy atom. The Balaban J connectivity index is 2.70. The van der Waals surface area contributed by atoms with Gasteiger partial charge in [-0.05, 0) is 18.6 Å². The molecule has 0 bridgehead atoms. The number of rotatable bonds is 7. The van der Waals surface area contributed by atoms with E-state index >= 15 is 0 Å². The summed E-state index contributed by atoms with van der Waals surface area (Å²) in [6.07, 6.45) is 2.46. The fraction of sp³-hybridized carbons (Fsp3) is 0.538. The van der Waals surface area contributed by atoms with E-state index in [1.165, 1.54) is 12.8 Å². The van der Waals surface area contributed by atoms with Crippen molar-refractivity contribution in [2.45, 2.75) is 26.3 Å². The minimum atomic E-state index is 0.603. The maximum Gasteiger partial charge on any atom is 0.179 e. The third kappa shape index (κ3) is 4.10. The van der Waals surface area contributed by atoms with Gasteiger partial charge in [0.15, 0.2) is 11.5 Å². The van der Waals surface area contributed by atoms with Gasteiger partial charge in [0.1, 0.15) is 6.54 Å². The monoisotopic (exact) mass is 258 g/mol. The van der Waals surface area contributed by atoms with E-state index in [1.807, 2.05) is 12.1 Å². The van der Waals surface area contributed by atoms with Crippen molar-refractivity contribution in [2.75, 3.05) is 20.8 Å². The van der Waals surface area contributed by atoms with Gasteiger partial charge in [0, 0.05) is 5.56 Å². The summed E-state index contributed by atoms with van der Waals surface area (Å²) in [6.45, 7) is 4.25. The van der Waals surface area contributed by atoms with Crippen LogP contribution in [0.15, 0.2) is 12.1 Å². The minimum Gasteiger partial charge on any atom is -0.493 e. The van der Waals surface area contributed by atoms with Crippen LogP contribution in [-0.2, 0) is 6.54 Å². The number of ether oxygens (including phenoxy) is 2. The zero-order chi connectivity index (χ0) is 12.7. The smallest absolute Gasteiger partial charge is 0.179 e. The second kappa shape index (κ2) is 7.41. The average Bonchev–Trinajstić information content (AvgIpc) is 2.34. The van der Waals surface area contributed by atoms with E-state index in [9.17, 15) is 0 Å². The molecule has 0 heterocycles. The number of halogens is 1. The van der Waals surface area contributed by atoms with Crippen molar-refractivity contribution < 1.29 is 14.8 Å². The Bertz CT molecular complexity index is 356. The first kappa shape index (κ1) is 14.1. The van der Waals surface area contributed by atoms with Crippen LogP contribution in [0.4, 0.5) is 0 Å². The van der Waals surface area contributed by atoms with Crippen LogP contribution in [0.1, 0.15) is 25.3 Å². The van der Waals surface area contributed by atoms with Gasteiger partial charge in [-0.15, -0.1) is 0 Å². The molecule has 0 aromatic heterocycles. The number of quaternary nitrogens is 1. The van der Waals surface area contributed by atoms with Crippen molar-refractivity contribution >= 4 is 11.6 Å². The number of nitrogens with two attached hydrogens (primary N) is 1. The van der Waals surface area contributed by atoms with Crippen LogP contribution in [0.25, 0.3) is 0 Å². The van der Waals surface area contributed by atoms with E-state index in [-0.39, 0.29) is 0 Å². The summed E-state index contributed by atoms with van der Waals surface area (Å²) in [5, 5.41) is 2.88. The van der Waals surface area contributed by atoms with Gasteiger partial charge in [-0.3, -0.25) is 0 Å². The molecule has 0 unspecified atom stereocenters. The molecule has 0 radical (unpaired) electrons. The maximum absolute atomic E-state index is 6.13. The fourth-order valence-electron chi connectivity index (χ4n) is 1.71. The Morgan fingerprint density at radius 3 is 2.59 bits per heavy atom. The largest absolute Gasteiger partial charge is 0.493 e. The lowest BCUT2D eigenvalue weighted by molar-refractivity contribution is -0.670. The molecule has 2 N–H and O–H groups in total. The average molecular weight is 259 g/mol. The van der Waals surface area contributed by atoms with Gasteiger partial charge in [-0.25, -0.2) is 0 Å². The first-order chi connectivity index (χ1) is 8.22. The molecule has 0 amide bonds. The van der Waals surface area contributed by atoms with E-state index < -0.39 is 0 Å². The summed E-state index contributed by atoms with van der Waals surface area (Å²) in [7, 11) is 3.22. The lowest BCUT2D eigenvalue weighted by Gasteiger charge is -2.11. The molecule has 0 aliphatic heterocycles. The molecule has 0 atom stereocenters. The third-order valence-corrected chi connectivity index (χ3v) is 2.92. The summed E-state index contributed by atoms with van der Waals surface area (Å²) in [5.74, 6) is 1.30. The van der Waals surface area contributed by atoms with Crippen LogP contribution in [0.5, 0.6) is 11.5 Å². The Morgan fingerprint density at radius 1 is 1.24 bits per heavy atom. The first-order valence-electron chi connectivity index (χ1n) is 5.95. The number of unbranched alkanes of at least 4 members (excludes halogenated alkanes) is 1. The van der Waals surface area contributed by atoms with Gasteiger partial charge < -0.3 is 14.8 Å². The predicted molar refractivity (Wildman–Crippen MR) is 70.0 cm³/mol. The van der Waals surface area contributed by atoms with E-state index in [0.717, 1.165) is 18.7 Å². The summed E-state index contributed by atoms with van der Waals surface area (Å²) in [4.78, 5) is 0. The molecule has 96 valence electrons. The second-order valence-electron chi connectivity index (χ2n) is 3.95. The highest BCUT2D eigenvalue weighted by Crippen LogP contribution is 2.35. The van der Waals surface area contributed by atoms with Gasteiger partial charge in [0.2, 0.25) is 0 Å². The van der Waals surface area contributed by atoms with Gasteiger partial charge in [0.25, 0.3) is 0 Å². The molecular formula is C13H21ClNO2+. The number of methoxy groups -OCH3 is 2. The number of hydrogen-bond donors (Lipinski definition) is 1. The van der Waals surface area contributed by atoms with Crippen LogP contribution in [-0.4, -0.2) is 20.8 Å². The summed E-state index contributed by atoms with van der Waals surface area (Å²) >= 11 is 6.13. The standard InChI is InChI=1S/C13H20ClNO2/c1-4-5-6-15-9-10-7-11(14)13(17-3)12(8-10)16-2/h7-8,15H,4-6,9H2,1-3H3/p+1. The molecule has 0 aliphatic rings. The second-order valence-corrected chi connectivity index (χ2v) is 4.36. The highest BCUT2D eigenvalue weighted by molar-refractivity contribution is 6.32. The molecule has 17 heavy (non-hydrogen) atoms. The quantitative estimate of drug-likeness (QED) is 0.761. The van der Waals surface area contributed by atoms with Crippen LogP contribution >= 0.6 is 11.6 Å². The lowest BCUT2D eigenvalue weighted by Crippen LogP contribution is -2.82. The van der Waals surface area contributed by atoms with Gasteiger partial charge in [-0.1, -0.05) is 24.9 Å². The number of hydrogen-bond acceptors (Lipinski definition) is 2. The molecule has 0 saturated carbocycles. The third-order valence-electron chi connectivity index (χ3n) is 2.64. The zero-order valence-electron chi connectivity index (χ0n) is 10.8. The van der Waals surface area contributed by atoms with E-state index in [2.05, 4.69) is 12.2 Å². The SMILES string of the molecule is CCCC[NH2+]Cc1cc(Cl)c(OC)c(OC)c1. The Hall–Kier alpha value is -0.930. The predicted octanol–water partition coefficient (Wildman–Crippen LogP) is 2.22. The van der Waals surface area contributed by atoms with E-state index in [1.54, 1.807) is 14.2 Å². The minimum absolute atomic E-state index is 0.603. The van der Waals surface area contributed by atoms with Crippen LogP contribution in [0, 0.1) is 0 Å². The van der Waals surface area contributed by atoms with Crippen LogP contribution < -0.4 is 14.8 Å². The fourth-order valence-corrected chi connectivity index (χ4v) is 2.02. The molecule has 1 aromatic carbocycles. The summed E-state index contributed by atoms with van der Waals surface area (Å²) in [5.41, 5.74) is 1.16. The Kier molecular flexibility index (Phi) is 6.16. The summed E-state index contributed by atoms with van der Waals surface area (Å²) < 4.78 is 10.5. The molecule has 0 fully saturated rings. The van der Waals surface area contributed by atoms with Gasteiger partial charge in [0.05, 0.1) is 25.8 Å². The molecule has 1 rings (SSSR count). The topological polar surface area (TPSA) is 35.1 Å². The first-order valence-corrected chi connectivity index (χ1v) is 6.32. The molecule has 0 spiro atoms. The molecule has 0 aliphatic carbocycles.